The summed E-state index contributed by atoms with van der Waals surface area (Å²) in [6, 6.07) is 7.73. The number of imide groups is 1. The molecular weight excluding hydrogens is 909 g/mol. The van der Waals surface area contributed by atoms with E-state index in [0.29, 0.717) is 74.3 Å². The van der Waals surface area contributed by atoms with Crippen molar-refractivity contribution in [1.29, 1.82) is 0 Å². The predicted octanol–water partition coefficient (Wildman–Crippen LogP) is 6.40. The fraction of sp³-hybridized carbons (Fsp3) is 0.580. The number of ether oxygens (including phenoxy) is 1. The average Bonchev–Trinajstić information content (AvgIpc) is 3.76. The molecule has 2 aliphatic carbocycles. The minimum Gasteiger partial charge on any atom is -0.362 e. The van der Waals surface area contributed by atoms with Gasteiger partial charge in [0.1, 0.15) is 30.3 Å². The minimum atomic E-state index is -2.91. The van der Waals surface area contributed by atoms with Gasteiger partial charge in [-0.15, -0.1) is 0 Å². The number of halogens is 4. The Bertz CT molecular complexity index is 2810. The first kappa shape index (κ1) is 46.5. The molecule has 1 aromatic carbocycles. The molecule has 11 rings (SSSR count). The number of benzene rings is 1. The Morgan fingerprint density at radius 1 is 0.886 bits per heavy atom. The zero-order valence-corrected chi connectivity index (χ0v) is 39.0. The molecule has 0 spiro atoms. The van der Waals surface area contributed by atoms with Gasteiger partial charge in [0.2, 0.25) is 11.8 Å². The summed E-state index contributed by atoms with van der Waals surface area (Å²) in [6.07, 6.45) is 7.45. The molecule has 3 atom stereocenters. The van der Waals surface area contributed by atoms with Crippen molar-refractivity contribution in [2.24, 2.45) is 11.8 Å². The number of amides is 3. The number of carbonyl (C=O) groups is 3. The molecule has 70 heavy (non-hydrogen) atoms. The molecule has 8 heterocycles. The van der Waals surface area contributed by atoms with Crippen molar-refractivity contribution in [3.63, 3.8) is 0 Å². The number of anilines is 2. The summed E-state index contributed by atoms with van der Waals surface area (Å²) in [5.74, 6) is 6.14. The zero-order chi connectivity index (χ0) is 48.0. The number of nitrogens with one attached hydrogen (secondary N) is 2. The Morgan fingerprint density at radius 2 is 1.66 bits per heavy atom. The Hall–Kier alpha value is -5.91. The van der Waals surface area contributed by atoms with Gasteiger partial charge in [-0.2, -0.15) is 15.3 Å². The number of rotatable bonds is 13. The SMILES string of the molecule is O=C1CCC(c2nn(C3CC3)c3c(C#CCO[C@H]4CCN(C[C@H]5CC[C@H](n6cc(NC(=O)c7cnn8ccc(N9CCC(CN%10CC(F)C%10)CC9)nc78)c(C(F)F)n6)CC5)C[C@H]4F)cccc23)C(=O)N1. The van der Waals surface area contributed by atoms with E-state index in [1.54, 1.807) is 10.9 Å². The maximum Gasteiger partial charge on any atom is 0.284 e. The lowest BCUT2D eigenvalue weighted by atomic mass is 9.85. The molecule has 0 bridgehead atoms. The standard InChI is InChI=1S/C50H58F4N12O4/c51-33-26-62(27-33)25-31-14-19-63(20-15-31)42-17-21-64-48(57-42)38(23-55-64)50(69)56-40-29-65(59-45(40)47(53)54)34-8-6-30(7-9-34)24-61-18-16-41(39(52)28-61)70-22-2-4-32-3-1-5-36-44(37-12-13-43(67)58-49(37)68)60-66(46(32)36)35-10-11-35/h1,3,5,17,21,23,29-31,33-35,37,39,41,47H,6-16,18-20,22,24-28H2,(H,56,69)(H,58,67,68)/t30-,34-,37?,39-,41+/m1/s1. The molecule has 3 amide bonds. The van der Waals surface area contributed by atoms with Crippen LogP contribution in [-0.2, 0) is 14.3 Å². The lowest BCUT2D eigenvalue weighted by Crippen LogP contribution is -2.51. The minimum absolute atomic E-state index is 0.0509. The molecule has 6 fully saturated rings. The van der Waals surface area contributed by atoms with Gasteiger partial charge in [0.25, 0.3) is 12.3 Å². The van der Waals surface area contributed by atoms with Crippen LogP contribution < -0.4 is 15.5 Å². The first-order valence-electron chi connectivity index (χ1n) is 25.0. The summed E-state index contributed by atoms with van der Waals surface area (Å²) < 4.78 is 68.7. The van der Waals surface area contributed by atoms with E-state index in [2.05, 4.69) is 47.4 Å². The molecule has 370 valence electrons. The molecule has 2 saturated carbocycles. The second-order valence-electron chi connectivity index (χ2n) is 20.2. The second kappa shape index (κ2) is 19.7. The summed E-state index contributed by atoms with van der Waals surface area (Å²) >= 11 is 0. The maximum atomic E-state index is 15.6. The third kappa shape index (κ3) is 9.76. The van der Waals surface area contributed by atoms with Crippen LogP contribution in [0.2, 0.25) is 0 Å². The smallest absolute Gasteiger partial charge is 0.284 e. The Kier molecular flexibility index (Phi) is 13.1. The van der Waals surface area contributed by atoms with Crippen molar-refractivity contribution >= 4 is 45.8 Å². The van der Waals surface area contributed by atoms with E-state index < -0.39 is 42.4 Å². The van der Waals surface area contributed by atoms with Crippen molar-refractivity contribution in [3.05, 3.63) is 65.4 Å². The van der Waals surface area contributed by atoms with E-state index >= 15 is 4.39 Å². The molecule has 4 aliphatic heterocycles. The molecule has 0 radical (unpaired) electrons. The van der Waals surface area contributed by atoms with Gasteiger partial charge in [-0.05, 0) is 88.2 Å². The predicted molar refractivity (Wildman–Crippen MR) is 251 cm³/mol. The summed E-state index contributed by atoms with van der Waals surface area (Å²) in [7, 11) is 0. The molecule has 2 N–H and O–H groups in total. The Balaban J connectivity index is 0.655. The molecule has 4 aromatic heterocycles. The molecule has 6 aliphatic rings. The number of nitrogens with zero attached hydrogens (tertiary/aromatic N) is 10. The van der Waals surface area contributed by atoms with Crippen LogP contribution in [0.4, 0.5) is 29.1 Å². The van der Waals surface area contributed by atoms with Gasteiger partial charge in [0.05, 0.1) is 52.8 Å². The van der Waals surface area contributed by atoms with Crippen LogP contribution in [0.3, 0.4) is 0 Å². The summed E-state index contributed by atoms with van der Waals surface area (Å²) in [5.41, 5.74) is 2.24. The molecule has 20 heteroatoms. The van der Waals surface area contributed by atoms with Gasteiger partial charge in [0, 0.05) is 76.6 Å². The first-order valence-corrected chi connectivity index (χ1v) is 25.0. The first-order chi connectivity index (χ1) is 34.0. The van der Waals surface area contributed by atoms with Crippen molar-refractivity contribution in [3.8, 4) is 11.8 Å². The number of para-hydroxylation sites is 1. The Labute approximate surface area is 402 Å². The van der Waals surface area contributed by atoms with Crippen LogP contribution in [0.1, 0.15) is 122 Å². The largest absolute Gasteiger partial charge is 0.362 e. The van der Waals surface area contributed by atoms with Gasteiger partial charge in [-0.25, -0.2) is 27.1 Å². The normalized spacial score (nSPS) is 25.3. The number of aromatic nitrogens is 7. The van der Waals surface area contributed by atoms with Gasteiger partial charge in [0.15, 0.2) is 11.3 Å². The quantitative estimate of drug-likeness (QED) is 0.0764. The van der Waals surface area contributed by atoms with E-state index in [-0.39, 0.29) is 54.7 Å². The summed E-state index contributed by atoms with van der Waals surface area (Å²) in [4.78, 5) is 49.5. The van der Waals surface area contributed by atoms with Crippen molar-refractivity contribution in [1.82, 2.24) is 49.3 Å². The third-order valence-corrected chi connectivity index (χ3v) is 15.3. The van der Waals surface area contributed by atoms with Crippen LogP contribution >= 0.6 is 0 Å². The van der Waals surface area contributed by atoms with E-state index in [1.807, 2.05) is 28.9 Å². The number of carbonyl (C=O) groups excluding carboxylic acids is 3. The monoisotopic (exact) mass is 966 g/mol. The fourth-order valence-corrected chi connectivity index (χ4v) is 11.3. The van der Waals surface area contributed by atoms with Crippen molar-refractivity contribution < 1.29 is 36.7 Å². The third-order valence-electron chi connectivity index (χ3n) is 15.3. The zero-order valence-electron chi connectivity index (χ0n) is 39.0. The fourth-order valence-electron chi connectivity index (χ4n) is 11.3. The second-order valence-corrected chi connectivity index (χ2v) is 20.2. The lowest BCUT2D eigenvalue weighted by molar-refractivity contribution is -0.134. The van der Waals surface area contributed by atoms with Gasteiger partial charge in [-0.3, -0.25) is 38.9 Å². The van der Waals surface area contributed by atoms with Gasteiger partial charge in [-0.1, -0.05) is 24.0 Å². The topological polar surface area (TPSA) is 160 Å². The Morgan fingerprint density at radius 3 is 2.40 bits per heavy atom. The van der Waals surface area contributed by atoms with Gasteiger partial charge >= 0.3 is 0 Å². The maximum absolute atomic E-state index is 15.6. The van der Waals surface area contributed by atoms with E-state index in [1.165, 1.54) is 16.9 Å². The average molecular weight is 967 g/mol. The number of piperidine rings is 3. The highest BCUT2D eigenvalue weighted by Crippen LogP contribution is 2.41. The van der Waals surface area contributed by atoms with E-state index in [4.69, 9.17) is 14.8 Å². The van der Waals surface area contributed by atoms with Crippen LogP contribution in [0.15, 0.2) is 42.9 Å². The highest BCUT2D eigenvalue weighted by atomic mass is 19.3. The number of alkyl halides is 4. The lowest BCUT2D eigenvalue weighted by Gasteiger charge is -2.40. The summed E-state index contributed by atoms with van der Waals surface area (Å²) in [6.45, 7) is 5.25. The highest BCUT2D eigenvalue weighted by Gasteiger charge is 2.37. The number of hydrogen-bond donors (Lipinski definition) is 2. The number of fused-ring (bicyclic) bond motifs is 2. The highest BCUT2D eigenvalue weighted by molar-refractivity contribution is 6.08. The molecule has 1 unspecified atom stereocenters. The van der Waals surface area contributed by atoms with Crippen LogP contribution in [0, 0.1) is 23.7 Å². The number of hydrogen-bond acceptors (Lipinski definition) is 11. The number of likely N-dealkylation sites (tertiary alicyclic amines) is 2. The summed E-state index contributed by atoms with van der Waals surface area (Å²) in [5, 5.41) is 19.4. The van der Waals surface area contributed by atoms with E-state index in [0.717, 1.165) is 81.2 Å². The van der Waals surface area contributed by atoms with E-state index in [9.17, 15) is 27.6 Å². The van der Waals surface area contributed by atoms with Crippen LogP contribution in [0.5, 0.6) is 0 Å². The van der Waals surface area contributed by atoms with Crippen LogP contribution in [-0.4, -0.2) is 139 Å². The van der Waals surface area contributed by atoms with Gasteiger partial charge < -0.3 is 15.0 Å². The van der Waals surface area contributed by atoms with Crippen molar-refractivity contribution in [2.45, 2.75) is 114 Å². The molecule has 4 saturated heterocycles. The molecule has 5 aromatic rings. The van der Waals surface area contributed by atoms with Crippen LogP contribution in [0.25, 0.3) is 16.6 Å². The molecular formula is C50H58F4N12O4. The molecule has 16 nitrogen and oxygen atoms in total. The van der Waals surface area contributed by atoms with Crippen molar-refractivity contribution in [2.75, 3.05) is 69.2 Å².